The average molecular weight is 688 g/mol. The zero-order valence-electron chi connectivity index (χ0n) is 30.6. The van der Waals surface area contributed by atoms with Crippen LogP contribution < -0.4 is 0 Å². The van der Waals surface area contributed by atoms with E-state index in [0.717, 1.165) is 22.8 Å². The largest absolute Gasteiger partial charge is 0.324 e. The predicted molar refractivity (Wildman–Crippen MR) is 207 cm³/mol. The first-order chi connectivity index (χ1) is 21.9. The minimum atomic E-state index is 0.291. The molecule has 0 heterocycles. The Hall–Kier alpha value is -2.16. The lowest BCUT2D eigenvalue weighted by molar-refractivity contribution is -0.903. The van der Waals surface area contributed by atoms with Gasteiger partial charge in [0, 0.05) is 17.3 Å². The number of hydrogen-bond acceptors (Lipinski definition) is 0. The van der Waals surface area contributed by atoms with Gasteiger partial charge in [-0.25, -0.2) is 0 Å². The van der Waals surface area contributed by atoms with Gasteiger partial charge in [0.1, 0.15) is 6.54 Å². The molecule has 0 saturated carbocycles. The van der Waals surface area contributed by atoms with Crippen molar-refractivity contribution in [3.8, 4) is 0 Å². The van der Waals surface area contributed by atoms with E-state index in [1.807, 2.05) is 0 Å². The van der Waals surface area contributed by atoms with E-state index < -0.39 is 0 Å². The fraction of sp³-hybridized carbons (Fsp3) is 0.545. The zero-order valence-corrected chi connectivity index (χ0v) is 32.2. The predicted octanol–water partition coefficient (Wildman–Crippen LogP) is 13.3. The van der Waals surface area contributed by atoms with Crippen molar-refractivity contribution in [2.24, 2.45) is 5.41 Å². The van der Waals surface area contributed by atoms with Gasteiger partial charge >= 0.3 is 0 Å². The maximum absolute atomic E-state index is 3.65. The minimum absolute atomic E-state index is 0.291. The average Bonchev–Trinajstić information content (AvgIpc) is 3.02. The molecule has 0 saturated heterocycles. The van der Waals surface area contributed by atoms with E-state index in [1.165, 1.54) is 91.3 Å². The highest BCUT2D eigenvalue weighted by atomic mass is 79.9. The van der Waals surface area contributed by atoms with Crippen LogP contribution in [0.1, 0.15) is 144 Å². The Morgan fingerprint density at radius 1 is 0.652 bits per heavy atom. The molecule has 0 fully saturated rings. The summed E-state index contributed by atoms with van der Waals surface area (Å²) in [5, 5.41) is 0.916. The zero-order chi connectivity index (χ0) is 33.6. The third kappa shape index (κ3) is 13.5. The van der Waals surface area contributed by atoms with Gasteiger partial charge in [-0.05, 0) is 97.3 Å². The molecular weight excluding hydrogens is 622 g/mol. The number of allylic oxidation sites excluding steroid dienone is 1. The van der Waals surface area contributed by atoms with Gasteiger partial charge in [-0.1, -0.05) is 147 Å². The third-order valence-electron chi connectivity index (χ3n) is 9.82. The van der Waals surface area contributed by atoms with Crippen molar-refractivity contribution in [3.63, 3.8) is 0 Å². The van der Waals surface area contributed by atoms with Crippen LogP contribution >= 0.6 is 15.9 Å². The Bertz CT molecular complexity index is 1280. The highest BCUT2D eigenvalue weighted by Gasteiger charge is 2.24. The van der Waals surface area contributed by atoms with E-state index in [9.17, 15) is 0 Å². The van der Waals surface area contributed by atoms with E-state index in [4.69, 9.17) is 0 Å². The maximum atomic E-state index is 3.65. The summed E-state index contributed by atoms with van der Waals surface area (Å²) < 4.78 is 1.03. The molecule has 3 unspecified atom stereocenters. The first kappa shape index (κ1) is 38.3. The second-order valence-electron chi connectivity index (χ2n) is 15.8. The molecule has 0 spiro atoms. The molecule has 0 bridgehead atoms. The Balaban J connectivity index is 1.75. The number of halogens is 1. The minimum Gasteiger partial charge on any atom is -0.324 e. The van der Waals surface area contributed by atoms with Crippen LogP contribution in [-0.4, -0.2) is 25.1 Å². The van der Waals surface area contributed by atoms with Crippen molar-refractivity contribution in [3.05, 3.63) is 118 Å². The molecule has 46 heavy (non-hydrogen) atoms. The van der Waals surface area contributed by atoms with Crippen molar-refractivity contribution >= 4 is 15.9 Å². The molecule has 0 aromatic heterocycles. The third-order valence-corrected chi connectivity index (χ3v) is 10.5. The fourth-order valence-corrected chi connectivity index (χ4v) is 7.40. The first-order valence-electron chi connectivity index (χ1n) is 18.2. The van der Waals surface area contributed by atoms with Crippen molar-refractivity contribution in [2.45, 2.75) is 129 Å². The second kappa shape index (κ2) is 19.0. The fourth-order valence-electron chi connectivity index (χ4n) is 7.03. The Labute approximate surface area is 292 Å². The maximum Gasteiger partial charge on any atom is 0.104 e. The molecule has 3 rings (SSSR count). The number of nitrogens with zero attached hydrogens (tertiary/aromatic N) is 1. The van der Waals surface area contributed by atoms with Crippen LogP contribution in [0.2, 0.25) is 0 Å². The summed E-state index contributed by atoms with van der Waals surface area (Å²) in [6.07, 6.45) is 15.7. The van der Waals surface area contributed by atoms with Crippen LogP contribution in [0.5, 0.6) is 0 Å². The molecule has 252 valence electrons. The quantitative estimate of drug-likeness (QED) is 0.0668. The topological polar surface area (TPSA) is 0 Å². The molecule has 3 aromatic carbocycles. The van der Waals surface area contributed by atoms with Gasteiger partial charge in [-0.15, -0.1) is 0 Å². The molecule has 0 N–H and O–H groups in total. The summed E-state index contributed by atoms with van der Waals surface area (Å²) in [5.74, 6) is 1.77. The lowest BCUT2D eigenvalue weighted by atomic mass is 9.76. The number of rotatable bonds is 19. The molecule has 0 radical (unpaired) electrons. The van der Waals surface area contributed by atoms with Gasteiger partial charge < -0.3 is 4.48 Å². The smallest absolute Gasteiger partial charge is 0.104 e. The van der Waals surface area contributed by atoms with E-state index >= 15 is 0 Å². The SMILES string of the molecule is CCC/C=C/CC[N+](C)(C)Cc1ccc(C(CCC(CCC(CC)c2ccc(C)cc2)c2ccc(CBr)cc2)CC(C)(C)C)cc1. The Morgan fingerprint density at radius 3 is 1.67 bits per heavy atom. The molecule has 1 nitrogen and oxygen atoms in total. The Kier molecular flexibility index (Phi) is 15.8. The molecule has 3 aromatic rings. The summed E-state index contributed by atoms with van der Waals surface area (Å²) in [6, 6.07) is 28.5. The number of quaternary nitrogens is 1. The number of alkyl halides is 1. The van der Waals surface area contributed by atoms with Gasteiger partial charge in [-0.3, -0.25) is 0 Å². The van der Waals surface area contributed by atoms with Crippen molar-refractivity contribution < 1.29 is 4.48 Å². The normalized spacial score (nSPS) is 14.5. The molecular formula is C44H65BrN+. The van der Waals surface area contributed by atoms with Crippen molar-refractivity contribution in [2.75, 3.05) is 20.6 Å². The van der Waals surface area contributed by atoms with Crippen LogP contribution in [0, 0.1) is 12.3 Å². The monoisotopic (exact) mass is 686 g/mol. The van der Waals surface area contributed by atoms with Crippen LogP contribution in [0.4, 0.5) is 0 Å². The lowest BCUT2D eigenvalue weighted by Gasteiger charge is -2.30. The summed E-state index contributed by atoms with van der Waals surface area (Å²) in [5.41, 5.74) is 8.98. The molecule has 0 aliphatic heterocycles. The van der Waals surface area contributed by atoms with Crippen LogP contribution in [0.25, 0.3) is 0 Å². The first-order valence-corrected chi connectivity index (χ1v) is 19.3. The van der Waals surface area contributed by atoms with E-state index in [1.54, 1.807) is 0 Å². The number of hydrogen-bond donors (Lipinski definition) is 0. The summed E-state index contributed by atoms with van der Waals surface area (Å²) in [6.45, 7) is 16.3. The van der Waals surface area contributed by atoms with Crippen LogP contribution in [0.15, 0.2) is 84.9 Å². The summed E-state index contributed by atoms with van der Waals surface area (Å²) in [7, 11) is 4.74. The molecule has 0 aliphatic carbocycles. The standard InChI is InChI=1S/C44H65BrN/c1-9-11-12-13-14-31-46(7,8)34-37-19-25-42(26-20-37)43(32-44(4,5)6)30-29-41(40-23-17-36(33-45)18-24-40)28-27-38(10-2)39-21-15-35(3)16-22-39/h12-13,15-26,38,41,43H,9-11,14,27-34H2,1-8H3/q+1/b13-12+. The Morgan fingerprint density at radius 2 is 1.13 bits per heavy atom. The number of benzene rings is 3. The van der Waals surface area contributed by atoms with Crippen molar-refractivity contribution in [1.82, 2.24) is 0 Å². The van der Waals surface area contributed by atoms with Gasteiger partial charge in [-0.2, -0.15) is 0 Å². The molecule has 0 aliphatic rings. The summed E-state index contributed by atoms with van der Waals surface area (Å²) in [4.78, 5) is 0. The van der Waals surface area contributed by atoms with E-state index in [2.05, 4.69) is 157 Å². The summed E-state index contributed by atoms with van der Waals surface area (Å²) >= 11 is 3.65. The lowest BCUT2D eigenvalue weighted by Crippen LogP contribution is -2.39. The van der Waals surface area contributed by atoms with Crippen LogP contribution in [0.3, 0.4) is 0 Å². The van der Waals surface area contributed by atoms with Gasteiger partial charge in [0.15, 0.2) is 0 Å². The van der Waals surface area contributed by atoms with Crippen LogP contribution in [-0.2, 0) is 11.9 Å². The molecule has 3 atom stereocenters. The number of unbranched alkanes of at least 4 members (excludes halogenated alkanes) is 1. The van der Waals surface area contributed by atoms with Gasteiger partial charge in [0.25, 0.3) is 0 Å². The van der Waals surface area contributed by atoms with E-state index in [0.29, 0.717) is 23.2 Å². The van der Waals surface area contributed by atoms with Gasteiger partial charge in [0.05, 0.1) is 20.6 Å². The van der Waals surface area contributed by atoms with Crippen molar-refractivity contribution in [1.29, 1.82) is 0 Å². The molecule has 0 amide bonds. The second-order valence-corrected chi connectivity index (χ2v) is 16.4. The van der Waals surface area contributed by atoms with E-state index in [-0.39, 0.29) is 0 Å². The highest BCUT2D eigenvalue weighted by Crippen LogP contribution is 2.39. The highest BCUT2D eigenvalue weighted by molar-refractivity contribution is 9.08. The number of aryl methyl sites for hydroxylation is 1. The van der Waals surface area contributed by atoms with Gasteiger partial charge in [0.2, 0.25) is 0 Å². The molecule has 2 heteroatoms.